The summed E-state index contributed by atoms with van der Waals surface area (Å²) in [6.07, 6.45) is 5.33. The van der Waals surface area contributed by atoms with Gasteiger partial charge in [0.15, 0.2) is 0 Å². The highest BCUT2D eigenvalue weighted by atomic mass is 35.5. The van der Waals surface area contributed by atoms with Gasteiger partial charge in [0.25, 0.3) is 5.91 Å². The fourth-order valence-electron chi connectivity index (χ4n) is 2.82. The number of aromatic nitrogens is 2. The van der Waals surface area contributed by atoms with E-state index in [0.29, 0.717) is 11.5 Å². The Labute approximate surface area is 139 Å². The minimum absolute atomic E-state index is 0. The summed E-state index contributed by atoms with van der Waals surface area (Å²) >= 11 is 0. The van der Waals surface area contributed by atoms with E-state index in [-0.39, 0.29) is 24.2 Å². The number of amides is 1. The topological polar surface area (TPSA) is 58.1 Å². The van der Waals surface area contributed by atoms with Gasteiger partial charge < -0.3 is 10.2 Å². The van der Waals surface area contributed by atoms with Gasteiger partial charge in [0.05, 0.1) is 11.3 Å². The number of likely N-dealkylation sites (tertiary alicyclic amines) is 1. The number of halogens is 1. The van der Waals surface area contributed by atoms with Gasteiger partial charge in [0.1, 0.15) is 6.33 Å². The summed E-state index contributed by atoms with van der Waals surface area (Å²) < 4.78 is 0. The lowest BCUT2D eigenvalue weighted by atomic mass is 9.95. The van der Waals surface area contributed by atoms with Crippen molar-refractivity contribution in [3.05, 3.63) is 23.8 Å². The SMILES string of the molecule is CCNCC1CCN(C(=O)c2cncnc2C(C)C)CC1.Cl. The van der Waals surface area contributed by atoms with Gasteiger partial charge >= 0.3 is 0 Å². The van der Waals surface area contributed by atoms with Gasteiger partial charge in [-0.2, -0.15) is 0 Å². The molecule has 0 radical (unpaired) electrons. The molecule has 22 heavy (non-hydrogen) atoms. The normalized spacial score (nSPS) is 15.7. The largest absolute Gasteiger partial charge is 0.339 e. The van der Waals surface area contributed by atoms with Crippen LogP contribution < -0.4 is 5.32 Å². The summed E-state index contributed by atoms with van der Waals surface area (Å²) in [5, 5.41) is 3.39. The van der Waals surface area contributed by atoms with Crippen molar-refractivity contribution in [1.29, 1.82) is 0 Å². The number of piperidine rings is 1. The fourth-order valence-corrected chi connectivity index (χ4v) is 2.82. The second-order valence-corrected chi connectivity index (χ2v) is 6.02. The smallest absolute Gasteiger partial charge is 0.257 e. The molecule has 0 aromatic carbocycles. The third kappa shape index (κ3) is 4.65. The molecule has 0 saturated carbocycles. The van der Waals surface area contributed by atoms with Crippen molar-refractivity contribution >= 4 is 18.3 Å². The fraction of sp³-hybridized carbons (Fsp3) is 0.688. The minimum atomic E-state index is 0. The molecule has 2 heterocycles. The van der Waals surface area contributed by atoms with Crippen LogP contribution in [0.2, 0.25) is 0 Å². The maximum Gasteiger partial charge on any atom is 0.257 e. The van der Waals surface area contributed by atoms with Crippen LogP contribution in [0, 0.1) is 5.92 Å². The summed E-state index contributed by atoms with van der Waals surface area (Å²) in [7, 11) is 0. The average molecular weight is 327 g/mol. The summed E-state index contributed by atoms with van der Waals surface area (Å²) in [5.41, 5.74) is 1.52. The maximum atomic E-state index is 12.7. The van der Waals surface area contributed by atoms with E-state index >= 15 is 0 Å². The van der Waals surface area contributed by atoms with E-state index in [9.17, 15) is 4.79 Å². The van der Waals surface area contributed by atoms with E-state index < -0.39 is 0 Å². The van der Waals surface area contributed by atoms with Crippen LogP contribution in [0.15, 0.2) is 12.5 Å². The van der Waals surface area contributed by atoms with E-state index in [1.807, 2.05) is 4.90 Å². The van der Waals surface area contributed by atoms with Crippen LogP contribution in [0.25, 0.3) is 0 Å². The van der Waals surface area contributed by atoms with Crippen molar-refractivity contribution in [2.45, 2.75) is 39.5 Å². The number of carbonyl (C=O) groups is 1. The Kier molecular flexibility index (Phi) is 7.76. The predicted molar refractivity (Wildman–Crippen MR) is 90.5 cm³/mol. The van der Waals surface area contributed by atoms with Gasteiger partial charge in [0, 0.05) is 19.3 Å². The molecule has 1 aliphatic heterocycles. The van der Waals surface area contributed by atoms with Crippen LogP contribution in [-0.4, -0.2) is 47.0 Å². The van der Waals surface area contributed by atoms with Gasteiger partial charge in [-0.25, -0.2) is 9.97 Å². The molecule has 0 unspecified atom stereocenters. The number of rotatable bonds is 5. The number of nitrogens with zero attached hydrogens (tertiary/aromatic N) is 3. The van der Waals surface area contributed by atoms with Crippen LogP contribution in [0.4, 0.5) is 0 Å². The van der Waals surface area contributed by atoms with Crippen molar-refractivity contribution in [3.63, 3.8) is 0 Å². The van der Waals surface area contributed by atoms with Crippen molar-refractivity contribution in [2.75, 3.05) is 26.2 Å². The second kappa shape index (κ2) is 9.06. The van der Waals surface area contributed by atoms with Gasteiger partial charge in [-0.3, -0.25) is 4.79 Å². The van der Waals surface area contributed by atoms with Crippen LogP contribution in [0.1, 0.15) is 55.6 Å². The molecule has 1 saturated heterocycles. The van der Waals surface area contributed by atoms with E-state index in [0.717, 1.165) is 44.7 Å². The summed E-state index contributed by atoms with van der Waals surface area (Å²) in [5.74, 6) is 1.00. The molecule has 5 nitrogen and oxygen atoms in total. The molecule has 0 atom stereocenters. The van der Waals surface area contributed by atoms with Crippen LogP contribution in [0.5, 0.6) is 0 Å². The van der Waals surface area contributed by atoms with E-state index in [4.69, 9.17) is 0 Å². The summed E-state index contributed by atoms with van der Waals surface area (Å²) in [6, 6.07) is 0. The van der Waals surface area contributed by atoms with Gasteiger partial charge in [-0.15, -0.1) is 12.4 Å². The Morgan fingerprint density at radius 2 is 2.09 bits per heavy atom. The van der Waals surface area contributed by atoms with Crippen LogP contribution in [0.3, 0.4) is 0 Å². The van der Waals surface area contributed by atoms with Crippen molar-refractivity contribution in [1.82, 2.24) is 20.2 Å². The van der Waals surface area contributed by atoms with E-state index in [1.165, 1.54) is 6.33 Å². The van der Waals surface area contributed by atoms with Crippen molar-refractivity contribution in [2.24, 2.45) is 5.92 Å². The summed E-state index contributed by atoms with van der Waals surface area (Å²) in [6.45, 7) is 9.98. The molecule has 0 spiro atoms. The van der Waals surface area contributed by atoms with Gasteiger partial charge in [-0.05, 0) is 37.8 Å². The van der Waals surface area contributed by atoms with Crippen LogP contribution >= 0.6 is 12.4 Å². The number of hydrogen-bond donors (Lipinski definition) is 1. The third-order valence-electron chi connectivity index (χ3n) is 4.11. The molecule has 1 N–H and O–H groups in total. The lowest BCUT2D eigenvalue weighted by Gasteiger charge is -2.32. The average Bonchev–Trinajstić information content (AvgIpc) is 2.52. The van der Waals surface area contributed by atoms with Crippen molar-refractivity contribution < 1.29 is 4.79 Å². The quantitative estimate of drug-likeness (QED) is 0.903. The minimum Gasteiger partial charge on any atom is -0.339 e. The molecule has 1 aromatic heterocycles. The molecule has 1 fully saturated rings. The third-order valence-corrected chi connectivity index (χ3v) is 4.11. The highest BCUT2D eigenvalue weighted by Crippen LogP contribution is 2.21. The second-order valence-electron chi connectivity index (χ2n) is 6.02. The molecular weight excluding hydrogens is 300 g/mol. The zero-order valence-corrected chi connectivity index (χ0v) is 14.5. The zero-order valence-electron chi connectivity index (χ0n) is 13.7. The molecule has 1 aliphatic rings. The highest BCUT2D eigenvalue weighted by Gasteiger charge is 2.25. The number of nitrogens with one attached hydrogen (secondary N) is 1. The Morgan fingerprint density at radius 1 is 1.41 bits per heavy atom. The Bertz CT molecular complexity index is 473. The predicted octanol–water partition coefficient (Wildman–Crippen LogP) is 2.48. The molecule has 2 rings (SSSR count). The first-order valence-corrected chi connectivity index (χ1v) is 7.93. The highest BCUT2D eigenvalue weighted by molar-refractivity contribution is 5.95. The van der Waals surface area contributed by atoms with Crippen molar-refractivity contribution in [3.8, 4) is 0 Å². The Morgan fingerprint density at radius 3 is 2.68 bits per heavy atom. The molecular formula is C16H27ClN4O. The lowest BCUT2D eigenvalue weighted by molar-refractivity contribution is 0.0687. The molecule has 124 valence electrons. The standard InChI is InChI=1S/C16H26N4O.ClH/c1-4-17-9-13-5-7-20(8-6-13)16(21)14-10-18-11-19-15(14)12(2)3;/h10-13,17H,4-9H2,1-3H3;1H. The monoisotopic (exact) mass is 326 g/mol. The van der Waals surface area contributed by atoms with Gasteiger partial charge in [0.2, 0.25) is 0 Å². The molecule has 6 heteroatoms. The first-order chi connectivity index (χ1) is 10.1. The first-order valence-electron chi connectivity index (χ1n) is 7.93. The molecule has 0 bridgehead atoms. The molecule has 0 aliphatic carbocycles. The number of carbonyl (C=O) groups excluding carboxylic acids is 1. The Balaban J connectivity index is 0.00000242. The van der Waals surface area contributed by atoms with Gasteiger partial charge in [-0.1, -0.05) is 20.8 Å². The Hall–Kier alpha value is -1.20. The zero-order chi connectivity index (χ0) is 15.2. The lowest BCUT2D eigenvalue weighted by Crippen LogP contribution is -2.41. The molecule has 1 amide bonds. The summed E-state index contributed by atoms with van der Waals surface area (Å²) in [4.78, 5) is 22.9. The maximum absolute atomic E-state index is 12.7. The molecule has 1 aromatic rings. The van der Waals surface area contributed by atoms with E-state index in [1.54, 1.807) is 6.20 Å². The first kappa shape index (κ1) is 18.8. The van der Waals surface area contributed by atoms with Crippen LogP contribution in [-0.2, 0) is 0 Å². The number of hydrogen-bond acceptors (Lipinski definition) is 4. The van der Waals surface area contributed by atoms with E-state index in [2.05, 4.69) is 36.1 Å².